The zero-order valence-electron chi connectivity index (χ0n) is 65.4. The lowest BCUT2D eigenvalue weighted by Crippen LogP contribution is -2.71. The topological polar surface area (TPSA) is 73.8 Å². The molecule has 0 aromatic heterocycles. The maximum absolute atomic E-state index is 7.86. The molecule has 570 valence electrons. The lowest BCUT2D eigenvalue weighted by Gasteiger charge is -2.35. The summed E-state index contributed by atoms with van der Waals surface area (Å²) < 4.78 is 58.1. The van der Waals surface area contributed by atoms with E-state index in [4.69, 9.17) is 36.7 Å². The summed E-state index contributed by atoms with van der Waals surface area (Å²) >= 11 is 0. The van der Waals surface area contributed by atoms with Gasteiger partial charge in [-0.05, 0) is 146 Å². The van der Waals surface area contributed by atoms with Gasteiger partial charge in [0.2, 0.25) is 0 Å². The van der Waals surface area contributed by atoms with Crippen LogP contribution < -0.4 is 98.9 Å². The molecule has 0 aliphatic heterocycles. The Labute approximate surface area is 685 Å². The Bertz CT molecular complexity index is 4730. The van der Waals surface area contributed by atoms with Crippen LogP contribution >= 0.6 is 0 Å². The Morgan fingerprint density at radius 2 is 0.293 bits per heavy atom. The van der Waals surface area contributed by atoms with Crippen LogP contribution in [0, 0.1) is 0 Å². The van der Waals surface area contributed by atoms with Gasteiger partial charge in [0.15, 0.2) is 23.0 Å². The lowest BCUT2D eigenvalue weighted by molar-refractivity contribution is 0.391. The van der Waals surface area contributed by atoms with Gasteiger partial charge >= 0.3 is 33.3 Å². The molecule has 0 N–H and O–H groups in total. The van der Waals surface area contributed by atoms with Crippen molar-refractivity contribution in [3.63, 3.8) is 0 Å². The van der Waals surface area contributed by atoms with E-state index in [9.17, 15) is 0 Å². The average molecular weight is 1580 g/mol. The average Bonchev–Trinajstić information content (AvgIpc) is 0.763. The molecule has 0 bridgehead atoms. The van der Waals surface area contributed by atoms with Crippen molar-refractivity contribution < 1.29 is 36.7 Å². The summed E-state index contributed by atoms with van der Waals surface area (Å²) in [7, 11) is -6.37. The minimum Gasteiger partial charge on any atom is -0.528 e. The highest BCUT2D eigenvalue weighted by molar-refractivity contribution is 7.09. The van der Waals surface area contributed by atoms with E-state index in [-0.39, 0.29) is 11.8 Å². The molecule has 16 aromatic rings. The quantitative estimate of drug-likeness (QED) is 0.0314. The first-order valence-corrected chi connectivity index (χ1v) is 47.1. The third-order valence-corrected chi connectivity index (χ3v) is 38.2. The van der Waals surface area contributed by atoms with Gasteiger partial charge in [0.25, 0.3) is 0 Å². The fourth-order valence-corrected chi connectivity index (χ4v) is 32.1. The minimum absolute atomic E-state index is 0.306. The molecule has 0 saturated heterocycles. The second-order valence-corrected chi connectivity index (χ2v) is 42.0. The number of ether oxygens (including phenoxy) is 4. The smallest absolute Gasteiger partial charge is 0.347 e. The molecule has 0 aliphatic rings. The van der Waals surface area contributed by atoms with Crippen molar-refractivity contribution >= 4 is 95.5 Å². The van der Waals surface area contributed by atoms with E-state index in [1.54, 1.807) is 28.4 Å². The van der Waals surface area contributed by atoms with Gasteiger partial charge in [0.1, 0.15) is 23.0 Å². The van der Waals surface area contributed by atoms with Gasteiger partial charge in [0, 0.05) is 11.8 Å². The van der Waals surface area contributed by atoms with E-state index < -0.39 is 33.3 Å². The van der Waals surface area contributed by atoms with Gasteiger partial charge in [0.05, 0.1) is 28.4 Å². The standard InChI is InChI=1S/C104H90O8Si4/c1-105-101-75-79(65-71-97(101)109-113(83-41-17-5-18-42-83,84-43-19-6-20-44-84)85-45-21-7-22-46-85)95(80-66-72-98(102(76-80)106-2)110-114(86-47-23-8-24-48-86,87-49-25-9-26-50-87)88-51-27-10-28-52-88)69-70-96(81-67-73-99(103(77-81)107-3)111-115(89-53-29-11-30-54-89,90-55-31-12-32-56-90)91-57-33-13-34-58-91)82-68-74-100(104(78-82)108-4)112-116(92-59-35-14-36-60-92,93-61-37-15-38-62-93)94-63-39-16-40-64-94/h5-68,71-78,95-96H,69-70H2,1-4H3. The number of benzene rings is 16. The van der Waals surface area contributed by atoms with Crippen LogP contribution in [0.5, 0.6) is 46.0 Å². The molecular weight excluding hydrogens is 1490 g/mol. The summed E-state index contributed by atoms with van der Waals surface area (Å²) in [5.74, 6) is 4.30. The molecule has 16 rings (SSSR count). The number of methoxy groups -OCH3 is 4. The van der Waals surface area contributed by atoms with Crippen molar-refractivity contribution in [2.45, 2.75) is 24.7 Å². The van der Waals surface area contributed by atoms with E-state index in [2.05, 4.69) is 437 Å². The van der Waals surface area contributed by atoms with E-state index in [1.165, 1.54) is 0 Å². The predicted molar refractivity (Wildman–Crippen MR) is 483 cm³/mol. The number of hydrogen-bond donors (Lipinski definition) is 0. The molecule has 0 unspecified atom stereocenters. The molecule has 16 aromatic carbocycles. The Balaban J connectivity index is 0.873. The molecule has 0 spiro atoms. The van der Waals surface area contributed by atoms with Crippen molar-refractivity contribution in [3.05, 3.63) is 459 Å². The van der Waals surface area contributed by atoms with E-state index >= 15 is 0 Å². The first-order valence-electron chi connectivity index (χ1n) is 39.4. The van der Waals surface area contributed by atoms with Gasteiger partial charge in [-0.2, -0.15) is 0 Å². The Hall–Kier alpha value is -13.2. The summed E-state index contributed by atoms with van der Waals surface area (Å²) in [4.78, 5) is 0. The van der Waals surface area contributed by atoms with Crippen molar-refractivity contribution in [2.24, 2.45) is 0 Å². The maximum Gasteiger partial charge on any atom is 0.347 e. The number of rotatable bonds is 31. The SMILES string of the molecule is COc1cc(C(CCC(c2ccc(O[Si](c3ccccc3)(c3ccccc3)c3ccccc3)c(OC)c2)c2ccc(O[Si](c3ccccc3)(c3ccccc3)c3ccccc3)c(OC)c2)c2ccc(O[Si](c3ccccc3)(c3ccccc3)c3ccccc3)c(OC)c2)ccc1O[Si](c1ccccc1)(c1ccccc1)c1ccccc1. The Morgan fingerprint density at radius 1 is 0.164 bits per heavy atom. The molecule has 0 fully saturated rings. The largest absolute Gasteiger partial charge is 0.528 e. The fraction of sp³-hybridized carbons (Fsp3) is 0.0769. The molecule has 0 aliphatic carbocycles. The van der Waals surface area contributed by atoms with Gasteiger partial charge in [-0.25, -0.2) is 0 Å². The Morgan fingerprint density at radius 3 is 0.414 bits per heavy atom. The molecule has 0 heterocycles. The molecule has 116 heavy (non-hydrogen) atoms. The van der Waals surface area contributed by atoms with Crippen molar-refractivity contribution in [1.82, 2.24) is 0 Å². The van der Waals surface area contributed by atoms with Crippen LogP contribution in [0.3, 0.4) is 0 Å². The molecule has 8 nitrogen and oxygen atoms in total. The summed E-state index contributed by atoms with van der Waals surface area (Å²) in [6, 6.07) is 154. The van der Waals surface area contributed by atoms with Gasteiger partial charge in [-0.15, -0.1) is 0 Å². The minimum atomic E-state index is -3.33. The van der Waals surface area contributed by atoms with Crippen LogP contribution in [0.25, 0.3) is 0 Å². The molecule has 0 amide bonds. The van der Waals surface area contributed by atoms with Gasteiger partial charge in [-0.3, -0.25) is 0 Å². The fourth-order valence-electron chi connectivity index (χ4n) is 16.8. The van der Waals surface area contributed by atoms with E-state index in [0.29, 0.717) is 58.8 Å². The zero-order valence-corrected chi connectivity index (χ0v) is 69.4. The normalized spacial score (nSPS) is 11.7. The summed E-state index contributed by atoms with van der Waals surface area (Å²) in [5, 5.41) is 13.2. The molecule has 12 heteroatoms. The maximum atomic E-state index is 7.86. The van der Waals surface area contributed by atoms with Crippen LogP contribution in [0.1, 0.15) is 46.9 Å². The van der Waals surface area contributed by atoms with E-state index in [1.807, 2.05) is 0 Å². The third kappa shape index (κ3) is 15.3. The monoisotopic (exact) mass is 1580 g/mol. The first-order chi connectivity index (χ1) is 57.3. The molecule has 0 radical (unpaired) electrons. The van der Waals surface area contributed by atoms with Crippen molar-refractivity contribution in [1.29, 1.82) is 0 Å². The van der Waals surface area contributed by atoms with Crippen LogP contribution in [-0.4, -0.2) is 61.7 Å². The molecular formula is C104H90O8Si4. The van der Waals surface area contributed by atoms with E-state index in [0.717, 1.165) is 84.5 Å². The van der Waals surface area contributed by atoms with Gasteiger partial charge in [-0.1, -0.05) is 388 Å². The second-order valence-electron chi connectivity index (χ2n) is 28.8. The van der Waals surface area contributed by atoms with Crippen LogP contribution in [0.2, 0.25) is 0 Å². The zero-order chi connectivity index (χ0) is 79.0. The van der Waals surface area contributed by atoms with Crippen LogP contribution in [-0.2, 0) is 0 Å². The third-order valence-electron chi connectivity index (χ3n) is 22.3. The second kappa shape index (κ2) is 35.4. The molecule has 0 atom stereocenters. The lowest BCUT2D eigenvalue weighted by atomic mass is 9.80. The predicted octanol–water partition coefficient (Wildman–Crippen LogP) is 15.6. The highest BCUT2D eigenvalue weighted by Crippen LogP contribution is 2.46. The first kappa shape index (κ1) is 76.8. The summed E-state index contributed by atoms with van der Waals surface area (Å²) in [5.41, 5.74) is 4.03. The van der Waals surface area contributed by atoms with Crippen molar-refractivity contribution in [3.8, 4) is 46.0 Å². The Kier molecular flexibility index (Phi) is 23.5. The van der Waals surface area contributed by atoms with Crippen LogP contribution in [0.15, 0.2) is 437 Å². The van der Waals surface area contributed by atoms with Gasteiger partial charge < -0.3 is 36.7 Å². The van der Waals surface area contributed by atoms with Crippen LogP contribution in [0.4, 0.5) is 0 Å². The number of hydrogen-bond acceptors (Lipinski definition) is 8. The van der Waals surface area contributed by atoms with Crippen molar-refractivity contribution in [2.75, 3.05) is 28.4 Å². The molecule has 0 saturated carbocycles. The summed E-state index contributed by atoms with van der Waals surface area (Å²) in [6.07, 6.45) is 1.20. The highest BCUT2D eigenvalue weighted by atomic mass is 28.4. The summed E-state index contributed by atoms with van der Waals surface area (Å²) in [6.45, 7) is 0. The highest BCUT2D eigenvalue weighted by Gasteiger charge is 2.49.